The van der Waals surface area contributed by atoms with Crippen molar-refractivity contribution < 1.29 is 47.5 Å². The molecule has 1 aliphatic heterocycles. The molecule has 42 heavy (non-hydrogen) atoms. The molecular formula is C32H48O10. The summed E-state index contributed by atoms with van der Waals surface area (Å²) in [4.78, 5) is 24.8. The first-order valence-electron chi connectivity index (χ1n) is 14.0. The van der Waals surface area contributed by atoms with Crippen molar-refractivity contribution >= 4 is 11.9 Å². The molecule has 236 valence electrons. The minimum absolute atomic E-state index is 0.153. The van der Waals surface area contributed by atoms with E-state index in [9.17, 15) is 9.59 Å². The Hall–Kier alpha value is -2.76. The van der Waals surface area contributed by atoms with E-state index in [2.05, 4.69) is 13.8 Å². The smallest absolute Gasteiger partial charge is 0.330 e. The van der Waals surface area contributed by atoms with E-state index in [-0.39, 0.29) is 12.0 Å². The van der Waals surface area contributed by atoms with Gasteiger partial charge in [0.15, 0.2) is 12.4 Å². The molecule has 0 unspecified atom stereocenters. The van der Waals surface area contributed by atoms with E-state index in [0.29, 0.717) is 25.0 Å². The second-order valence-electron chi connectivity index (χ2n) is 11.1. The summed E-state index contributed by atoms with van der Waals surface area (Å²) in [5.41, 5.74) is 0.613. The molecular weight excluding hydrogens is 544 g/mol. The highest BCUT2D eigenvalue weighted by Crippen LogP contribution is 2.49. The number of hydrogen-bond donors (Lipinski definition) is 0. The van der Waals surface area contributed by atoms with Crippen molar-refractivity contribution in [3.05, 3.63) is 53.6 Å². The van der Waals surface area contributed by atoms with Gasteiger partial charge in [0.1, 0.15) is 5.75 Å². The van der Waals surface area contributed by atoms with Crippen LogP contribution >= 0.6 is 0 Å². The summed E-state index contributed by atoms with van der Waals surface area (Å²) in [6, 6.07) is 7.72. The van der Waals surface area contributed by atoms with Crippen LogP contribution in [0.5, 0.6) is 5.75 Å². The highest BCUT2D eigenvalue weighted by molar-refractivity contribution is 5.83. The molecule has 0 saturated carbocycles. The molecule has 0 bridgehead atoms. The van der Waals surface area contributed by atoms with Gasteiger partial charge in [0.25, 0.3) is 0 Å². The number of hydrogen-bond acceptors (Lipinski definition) is 10. The first-order chi connectivity index (χ1) is 19.9. The first kappa shape index (κ1) is 35.4. The first-order valence-corrected chi connectivity index (χ1v) is 14.0. The quantitative estimate of drug-likeness (QED) is 0.120. The highest BCUT2D eigenvalue weighted by Gasteiger charge is 2.59. The molecule has 0 spiro atoms. The fraction of sp³-hybridized carbons (Fsp3) is 0.625. The molecule has 1 fully saturated rings. The predicted molar refractivity (Wildman–Crippen MR) is 157 cm³/mol. The van der Waals surface area contributed by atoms with Gasteiger partial charge >= 0.3 is 11.9 Å². The standard InChI is InChI=1S/C32H48O10/c1-21(2)27(40-20-23-11-13-25(35-6)14-12-23)19-26-17-24(18-28(34)36-7)30(41-22(3)33)32(39-10,42-26)31(4,5)16-15-29(37-8)38-9/h11-16,18,21,26-27,29-30H,17,19-20H2,1-10H3/b16-15+,24-18+/t26-,27+,30-,32+/m0/s1. The largest absolute Gasteiger partial charge is 0.497 e. The van der Waals surface area contributed by atoms with Gasteiger partial charge in [0, 0.05) is 46.2 Å². The van der Waals surface area contributed by atoms with E-state index >= 15 is 0 Å². The third-order valence-electron chi connectivity index (χ3n) is 7.47. The van der Waals surface area contributed by atoms with E-state index in [0.717, 1.165) is 11.3 Å². The average Bonchev–Trinajstić information content (AvgIpc) is 2.96. The zero-order valence-corrected chi connectivity index (χ0v) is 26.6. The summed E-state index contributed by atoms with van der Waals surface area (Å²) in [5.74, 6) is -1.72. The van der Waals surface area contributed by atoms with E-state index in [1.807, 2.05) is 44.2 Å². The lowest BCUT2D eigenvalue weighted by Gasteiger charge is -2.53. The van der Waals surface area contributed by atoms with Crippen LogP contribution in [-0.2, 0) is 49.4 Å². The number of ether oxygens (including phenoxy) is 8. The highest BCUT2D eigenvalue weighted by atomic mass is 16.7. The normalized spacial score (nSPS) is 23.0. The molecule has 0 N–H and O–H groups in total. The van der Waals surface area contributed by atoms with E-state index in [4.69, 9.17) is 37.9 Å². The fourth-order valence-corrected chi connectivity index (χ4v) is 5.07. The van der Waals surface area contributed by atoms with E-state index < -0.39 is 41.6 Å². The molecule has 10 nitrogen and oxygen atoms in total. The average molecular weight is 593 g/mol. The van der Waals surface area contributed by atoms with Crippen LogP contribution in [-0.4, -0.2) is 77.9 Å². The summed E-state index contributed by atoms with van der Waals surface area (Å²) in [7, 11) is 7.48. The maximum Gasteiger partial charge on any atom is 0.330 e. The lowest BCUT2D eigenvalue weighted by molar-refractivity contribution is -0.338. The lowest BCUT2D eigenvalue weighted by atomic mass is 9.74. The molecule has 0 radical (unpaired) electrons. The Morgan fingerprint density at radius 2 is 1.71 bits per heavy atom. The van der Waals surface area contributed by atoms with Crippen molar-refractivity contribution in [3.63, 3.8) is 0 Å². The summed E-state index contributed by atoms with van der Waals surface area (Å²) < 4.78 is 46.0. The molecule has 0 amide bonds. The maximum absolute atomic E-state index is 12.5. The number of carbonyl (C=O) groups is 2. The Labute approximate surface area is 250 Å². The van der Waals surface area contributed by atoms with Gasteiger partial charge in [-0.05, 0) is 41.7 Å². The molecule has 0 aromatic heterocycles. The van der Waals surface area contributed by atoms with Gasteiger partial charge in [0.05, 0.1) is 33.0 Å². The van der Waals surface area contributed by atoms with Crippen LogP contribution in [0.1, 0.15) is 53.0 Å². The molecule has 10 heteroatoms. The summed E-state index contributed by atoms with van der Waals surface area (Å²) >= 11 is 0. The fourth-order valence-electron chi connectivity index (χ4n) is 5.07. The Bertz CT molecular complexity index is 1060. The van der Waals surface area contributed by atoms with E-state index in [1.165, 1.54) is 41.4 Å². The third kappa shape index (κ3) is 9.12. The molecule has 1 aliphatic rings. The van der Waals surface area contributed by atoms with Crippen molar-refractivity contribution in [3.8, 4) is 5.75 Å². The van der Waals surface area contributed by atoms with Crippen molar-refractivity contribution in [2.75, 3.05) is 35.5 Å². The summed E-state index contributed by atoms with van der Waals surface area (Å²) in [6.07, 6.45) is 3.40. The molecule has 1 saturated heterocycles. The van der Waals surface area contributed by atoms with Crippen molar-refractivity contribution in [2.24, 2.45) is 11.3 Å². The van der Waals surface area contributed by atoms with Crippen LogP contribution < -0.4 is 4.74 Å². The summed E-state index contributed by atoms with van der Waals surface area (Å²) in [6.45, 7) is 9.66. The van der Waals surface area contributed by atoms with Crippen molar-refractivity contribution in [1.29, 1.82) is 0 Å². The second kappa shape index (κ2) is 16.2. The molecule has 0 aliphatic carbocycles. The van der Waals surface area contributed by atoms with Gasteiger partial charge in [-0.15, -0.1) is 0 Å². The number of methoxy groups -OCH3 is 5. The minimum atomic E-state index is -1.53. The Morgan fingerprint density at radius 1 is 1.07 bits per heavy atom. The number of esters is 2. The van der Waals surface area contributed by atoms with Crippen LogP contribution in [0.2, 0.25) is 0 Å². The third-order valence-corrected chi connectivity index (χ3v) is 7.47. The van der Waals surface area contributed by atoms with Crippen LogP contribution in [0.3, 0.4) is 0 Å². The van der Waals surface area contributed by atoms with Crippen molar-refractivity contribution in [1.82, 2.24) is 0 Å². The molecule has 1 aromatic rings. The van der Waals surface area contributed by atoms with Gasteiger partial charge in [-0.1, -0.05) is 45.9 Å². The molecule has 4 atom stereocenters. The van der Waals surface area contributed by atoms with Gasteiger partial charge in [0.2, 0.25) is 5.79 Å². The van der Waals surface area contributed by atoms with Crippen LogP contribution in [0.15, 0.2) is 48.1 Å². The zero-order chi connectivity index (χ0) is 31.5. The van der Waals surface area contributed by atoms with Gasteiger partial charge in [-0.25, -0.2) is 4.79 Å². The maximum atomic E-state index is 12.5. The Morgan fingerprint density at radius 3 is 2.21 bits per heavy atom. The van der Waals surface area contributed by atoms with Gasteiger partial charge in [-0.3, -0.25) is 4.79 Å². The summed E-state index contributed by atoms with van der Waals surface area (Å²) in [5, 5.41) is 0. The molecule has 1 heterocycles. The topological polar surface area (TPSA) is 108 Å². The number of benzene rings is 1. The minimum Gasteiger partial charge on any atom is -0.497 e. The number of carbonyl (C=O) groups excluding carboxylic acids is 2. The van der Waals surface area contributed by atoms with Crippen LogP contribution in [0, 0.1) is 11.3 Å². The number of rotatable bonds is 15. The van der Waals surface area contributed by atoms with Crippen LogP contribution in [0.4, 0.5) is 0 Å². The van der Waals surface area contributed by atoms with E-state index in [1.54, 1.807) is 13.2 Å². The predicted octanol–water partition coefficient (Wildman–Crippen LogP) is 4.99. The van der Waals surface area contributed by atoms with Gasteiger partial charge in [-0.2, -0.15) is 0 Å². The molecule has 2 rings (SSSR count). The lowest BCUT2D eigenvalue weighted by Crippen LogP contribution is -2.63. The Balaban J connectivity index is 2.51. The monoisotopic (exact) mass is 592 g/mol. The van der Waals surface area contributed by atoms with Crippen molar-refractivity contribution in [2.45, 2.75) is 84.5 Å². The van der Waals surface area contributed by atoms with Gasteiger partial charge < -0.3 is 37.9 Å². The zero-order valence-electron chi connectivity index (χ0n) is 26.6. The van der Waals surface area contributed by atoms with Crippen LogP contribution in [0.25, 0.3) is 0 Å². The second-order valence-corrected chi connectivity index (χ2v) is 11.1. The SMILES string of the molecule is COC(=O)/C=C1\C[C@@H](C[C@@H](OCc2ccc(OC)cc2)C(C)C)O[C@@](OC)(C(C)(C)/C=C/C(OC)OC)[C@H]1OC(C)=O. The Kier molecular flexibility index (Phi) is 13.7. The molecule has 1 aromatic carbocycles.